The smallest absolute Gasteiger partial charge is 0.206 e. The van der Waals surface area contributed by atoms with Crippen molar-refractivity contribution in [1.82, 2.24) is 4.98 Å². The average Bonchev–Trinajstić information content (AvgIpc) is 1.64. The fourth-order valence-electron chi connectivity index (χ4n) is 0.454. The minimum atomic E-state index is 0. The van der Waals surface area contributed by atoms with E-state index in [0.29, 0.717) is 5.15 Å². The van der Waals surface area contributed by atoms with Crippen molar-refractivity contribution >= 4 is 11.6 Å². The maximum absolute atomic E-state index is 5.51. The van der Waals surface area contributed by atoms with Gasteiger partial charge in [-0.3, -0.25) is 0 Å². The van der Waals surface area contributed by atoms with E-state index in [1.54, 1.807) is 12.4 Å². The lowest BCUT2D eigenvalue weighted by Crippen LogP contribution is -3.00. The van der Waals surface area contributed by atoms with Gasteiger partial charge in [0.05, 0.1) is 6.20 Å². The minimum Gasteiger partial charge on any atom is -1.00 e. The van der Waals surface area contributed by atoms with Crippen LogP contribution in [0.25, 0.3) is 0 Å². The number of rotatable bonds is 0. The zero-order chi connectivity index (χ0) is 5.98. The van der Waals surface area contributed by atoms with Crippen LogP contribution < -0.4 is 28.5 Å². The molecule has 1 aromatic heterocycles. The van der Waals surface area contributed by atoms with E-state index in [1.807, 2.05) is 17.8 Å². The minimum absolute atomic E-state index is 0. The van der Waals surface area contributed by atoms with E-state index in [0.717, 1.165) is 0 Å². The van der Waals surface area contributed by atoms with Crippen LogP contribution in [0.3, 0.4) is 0 Å². The Morgan fingerprint density at radius 1 is 1.67 bits per heavy atom. The van der Waals surface area contributed by atoms with Crippen molar-refractivity contribution in [3.63, 3.8) is 0 Å². The number of aromatic nitrogens is 2. The maximum Gasteiger partial charge on any atom is 0.206 e. The summed E-state index contributed by atoms with van der Waals surface area (Å²) < 4.78 is 1.84. The molecule has 0 atom stereocenters. The van der Waals surface area contributed by atoms with Gasteiger partial charge in [0.15, 0.2) is 11.3 Å². The summed E-state index contributed by atoms with van der Waals surface area (Å²) in [4.78, 5) is 3.78. The van der Waals surface area contributed by atoms with Gasteiger partial charge in [-0.25, -0.2) is 9.55 Å². The Labute approximate surface area is 75.9 Å². The van der Waals surface area contributed by atoms with Crippen LogP contribution in [0, 0.1) is 0 Å². The number of nitrogens with zero attached hydrogens (tertiary/aromatic N) is 2. The van der Waals surface area contributed by atoms with Gasteiger partial charge in [-0.2, -0.15) is 0 Å². The van der Waals surface area contributed by atoms with Crippen LogP contribution in [-0.4, -0.2) is 4.98 Å². The molecule has 0 radical (unpaired) electrons. The topological polar surface area (TPSA) is 16.8 Å². The fourth-order valence-corrected chi connectivity index (χ4v) is 0.664. The molecule has 0 unspecified atom stereocenters. The van der Waals surface area contributed by atoms with Crippen LogP contribution in [0.2, 0.25) is 5.15 Å². The molecule has 0 aliphatic heterocycles. The highest BCUT2D eigenvalue weighted by Gasteiger charge is 1.91. The van der Waals surface area contributed by atoms with Crippen molar-refractivity contribution in [2.75, 3.05) is 0 Å². The Balaban J connectivity index is 0.000000640. The second-order valence-electron chi connectivity index (χ2n) is 1.54. The molecule has 4 heteroatoms. The van der Waals surface area contributed by atoms with E-state index >= 15 is 0 Å². The molecule has 2 nitrogen and oxygen atoms in total. The summed E-state index contributed by atoms with van der Waals surface area (Å²) in [6, 6.07) is 0. The molecule has 1 aromatic rings. The molecule has 0 spiro atoms. The molecule has 9 heavy (non-hydrogen) atoms. The molecule has 0 bridgehead atoms. The monoisotopic (exact) mass is 256 g/mol. The summed E-state index contributed by atoms with van der Waals surface area (Å²) in [5.41, 5.74) is 0. The van der Waals surface area contributed by atoms with Gasteiger partial charge in [0.1, 0.15) is 7.05 Å². The van der Waals surface area contributed by atoms with Gasteiger partial charge in [-0.05, 0) is 0 Å². The molecule has 0 aromatic carbocycles. The molecular weight excluding hydrogens is 250 g/mol. The van der Waals surface area contributed by atoms with E-state index in [1.165, 1.54) is 0 Å². The zero-order valence-electron chi connectivity index (χ0n) is 4.88. The molecule has 0 saturated carbocycles. The van der Waals surface area contributed by atoms with Gasteiger partial charge in [-0.1, -0.05) is 11.6 Å². The van der Waals surface area contributed by atoms with Crippen LogP contribution in [0.15, 0.2) is 18.6 Å². The Bertz CT molecular complexity index is 175. The van der Waals surface area contributed by atoms with Crippen molar-refractivity contribution in [3.05, 3.63) is 23.7 Å². The first-order chi connectivity index (χ1) is 3.79. The van der Waals surface area contributed by atoms with E-state index in [9.17, 15) is 0 Å². The number of hydrogen-bond acceptors (Lipinski definition) is 1. The summed E-state index contributed by atoms with van der Waals surface area (Å²) >= 11 is 5.51. The molecule has 0 fully saturated rings. The first kappa shape index (κ1) is 9.10. The average molecular weight is 256 g/mol. The third-order valence-corrected chi connectivity index (χ3v) is 1.01. The molecule has 1 heterocycles. The van der Waals surface area contributed by atoms with Crippen LogP contribution in [0.5, 0.6) is 0 Å². The van der Waals surface area contributed by atoms with Crippen LogP contribution in [0.1, 0.15) is 0 Å². The number of hydrogen-bond donors (Lipinski definition) is 0. The van der Waals surface area contributed by atoms with Gasteiger partial charge in [-0.15, -0.1) is 0 Å². The van der Waals surface area contributed by atoms with Crippen molar-refractivity contribution < 1.29 is 28.5 Å². The van der Waals surface area contributed by atoms with Gasteiger partial charge >= 0.3 is 0 Å². The Morgan fingerprint density at radius 2 is 2.33 bits per heavy atom. The van der Waals surface area contributed by atoms with E-state index in [2.05, 4.69) is 4.98 Å². The van der Waals surface area contributed by atoms with Crippen LogP contribution in [-0.2, 0) is 7.05 Å². The van der Waals surface area contributed by atoms with Crippen molar-refractivity contribution in [2.24, 2.45) is 7.05 Å². The molecule has 1 rings (SSSR count). The summed E-state index contributed by atoms with van der Waals surface area (Å²) in [6.07, 6.45) is 5.22. The lowest BCUT2D eigenvalue weighted by atomic mass is 10.7. The van der Waals surface area contributed by atoms with Crippen molar-refractivity contribution in [2.45, 2.75) is 0 Å². The first-order valence-electron chi connectivity index (χ1n) is 2.26. The van der Waals surface area contributed by atoms with E-state index in [-0.39, 0.29) is 24.0 Å². The second-order valence-corrected chi connectivity index (χ2v) is 1.93. The van der Waals surface area contributed by atoms with Gasteiger partial charge < -0.3 is 24.0 Å². The molecule has 0 aliphatic rings. The lowest BCUT2D eigenvalue weighted by molar-refractivity contribution is -0.671. The maximum atomic E-state index is 5.51. The quantitative estimate of drug-likeness (QED) is 0.372. The Kier molecular flexibility index (Phi) is 4.05. The zero-order valence-corrected chi connectivity index (χ0v) is 7.80. The fraction of sp³-hybridized carbons (Fsp3) is 0.200. The SMILES string of the molecule is C[n+]1ccnc(Cl)c1.[I-]. The molecule has 50 valence electrons. The molecular formula is C5H6ClIN2. The highest BCUT2D eigenvalue weighted by molar-refractivity contribution is 6.29. The lowest BCUT2D eigenvalue weighted by Gasteiger charge is -1.82. The first-order valence-corrected chi connectivity index (χ1v) is 2.63. The predicted molar refractivity (Wildman–Crippen MR) is 30.4 cm³/mol. The van der Waals surface area contributed by atoms with Gasteiger partial charge in [0, 0.05) is 0 Å². The van der Waals surface area contributed by atoms with Gasteiger partial charge in [0.2, 0.25) is 6.20 Å². The number of halogens is 2. The highest BCUT2D eigenvalue weighted by atomic mass is 127. The molecule has 0 N–H and O–H groups in total. The Morgan fingerprint density at radius 3 is 2.67 bits per heavy atom. The Hall–Kier alpha value is 0.100. The number of aryl methyl sites for hydroxylation is 1. The highest BCUT2D eigenvalue weighted by Crippen LogP contribution is 1.94. The van der Waals surface area contributed by atoms with Gasteiger partial charge in [0.25, 0.3) is 0 Å². The third kappa shape index (κ3) is 2.95. The third-order valence-electron chi connectivity index (χ3n) is 0.810. The van der Waals surface area contributed by atoms with E-state index in [4.69, 9.17) is 11.6 Å². The second kappa shape index (κ2) is 4.00. The molecule has 0 amide bonds. The summed E-state index contributed by atoms with van der Waals surface area (Å²) in [6.45, 7) is 0. The molecule has 0 saturated heterocycles. The largest absolute Gasteiger partial charge is 1.00 e. The summed E-state index contributed by atoms with van der Waals surface area (Å²) in [7, 11) is 1.90. The summed E-state index contributed by atoms with van der Waals surface area (Å²) in [5, 5.41) is 0.523. The molecule has 0 aliphatic carbocycles. The standard InChI is InChI=1S/C5H6ClN2.HI/c1-8-3-2-7-5(6)4-8;/h2-4H,1H3;1H/q+1;/p-1. The van der Waals surface area contributed by atoms with Crippen LogP contribution >= 0.6 is 11.6 Å². The normalized spacial score (nSPS) is 8.22. The summed E-state index contributed by atoms with van der Waals surface area (Å²) in [5.74, 6) is 0. The van der Waals surface area contributed by atoms with Crippen LogP contribution in [0.4, 0.5) is 0 Å². The predicted octanol–water partition coefficient (Wildman–Crippen LogP) is -2.44. The van der Waals surface area contributed by atoms with Crippen molar-refractivity contribution in [3.8, 4) is 0 Å². The van der Waals surface area contributed by atoms with Crippen molar-refractivity contribution in [1.29, 1.82) is 0 Å². The van der Waals surface area contributed by atoms with E-state index < -0.39 is 0 Å².